The topological polar surface area (TPSA) is 69.5 Å². The zero-order chi connectivity index (χ0) is 22.6. The second-order valence-corrected chi connectivity index (χ2v) is 8.33. The molecule has 0 saturated carbocycles. The van der Waals surface area contributed by atoms with Crippen LogP contribution < -0.4 is 10.3 Å². The van der Waals surface area contributed by atoms with Crippen molar-refractivity contribution >= 4 is 22.5 Å². The molecule has 1 aliphatic heterocycles. The van der Waals surface area contributed by atoms with Gasteiger partial charge in [0.2, 0.25) is 0 Å². The van der Waals surface area contributed by atoms with Crippen LogP contribution in [0, 0.1) is 0 Å². The monoisotopic (exact) mass is 462 g/mol. The molecule has 33 heavy (non-hydrogen) atoms. The summed E-state index contributed by atoms with van der Waals surface area (Å²) in [6.45, 7) is 4.47. The predicted molar refractivity (Wildman–Crippen MR) is 127 cm³/mol. The third kappa shape index (κ3) is 5.22. The van der Waals surface area contributed by atoms with Crippen LogP contribution in [-0.2, 0) is 17.9 Å². The molecule has 5 rings (SSSR count). The van der Waals surface area contributed by atoms with Crippen LogP contribution in [0.2, 0.25) is 5.02 Å². The fraction of sp³-hybridized carbons (Fsp3) is 0.240. The summed E-state index contributed by atoms with van der Waals surface area (Å²) in [7, 11) is 0. The zero-order valence-corrected chi connectivity index (χ0v) is 18.7. The molecule has 0 bridgehead atoms. The number of hydrogen-bond acceptors (Lipinski definition) is 6. The fourth-order valence-electron chi connectivity index (χ4n) is 3.79. The lowest BCUT2D eigenvalue weighted by molar-refractivity contribution is 0.0337. The molecule has 168 valence electrons. The number of aromatic nitrogens is 3. The van der Waals surface area contributed by atoms with Gasteiger partial charge in [-0.25, -0.2) is 0 Å². The van der Waals surface area contributed by atoms with E-state index in [9.17, 15) is 4.79 Å². The summed E-state index contributed by atoms with van der Waals surface area (Å²) in [5.41, 5.74) is 3.28. The molecular formula is C25H23ClN4O3. The smallest absolute Gasteiger partial charge is 0.258 e. The quantitative estimate of drug-likeness (QED) is 0.433. The average Bonchev–Trinajstić information content (AvgIpc) is 2.84. The van der Waals surface area contributed by atoms with E-state index in [2.05, 4.69) is 16.0 Å². The largest absolute Gasteiger partial charge is 0.487 e. The van der Waals surface area contributed by atoms with Gasteiger partial charge in [-0.1, -0.05) is 17.7 Å². The number of morpholine rings is 1. The van der Waals surface area contributed by atoms with Gasteiger partial charge < -0.3 is 9.47 Å². The van der Waals surface area contributed by atoms with Crippen molar-refractivity contribution in [2.24, 2.45) is 0 Å². The maximum atomic E-state index is 12.7. The molecule has 1 saturated heterocycles. The summed E-state index contributed by atoms with van der Waals surface area (Å²) in [5, 5.41) is 1.56. The molecule has 4 aromatic rings. The summed E-state index contributed by atoms with van der Waals surface area (Å²) < 4.78 is 12.7. The molecule has 3 aromatic heterocycles. The number of ether oxygens (including phenoxy) is 2. The van der Waals surface area contributed by atoms with Gasteiger partial charge >= 0.3 is 0 Å². The minimum atomic E-state index is -0.173. The van der Waals surface area contributed by atoms with Crippen LogP contribution in [0.3, 0.4) is 0 Å². The van der Waals surface area contributed by atoms with Gasteiger partial charge in [-0.05, 0) is 42.5 Å². The van der Waals surface area contributed by atoms with E-state index in [0.717, 1.165) is 60.8 Å². The SMILES string of the molecule is O=c1cc(OCc2ccc(Cl)cn2)ccn1-c1ccc2nc(CN3CCOCC3)ccc2c1. The highest BCUT2D eigenvalue weighted by Crippen LogP contribution is 2.19. The zero-order valence-electron chi connectivity index (χ0n) is 18.0. The number of nitrogens with zero attached hydrogens (tertiary/aromatic N) is 4. The van der Waals surface area contributed by atoms with E-state index < -0.39 is 0 Å². The van der Waals surface area contributed by atoms with Gasteiger partial charge in [-0.15, -0.1) is 0 Å². The summed E-state index contributed by atoms with van der Waals surface area (Å²) in [6.07, 6.45) is 3.28. The van der Waals surface area contributed by atoms with Crippen molar-refractivity contribution in [3.63, 3.8) is 0 Å². The van der Waals surface area contributed by atoms with Gasteiger partial charge in [0.05, 0.1) is 35.1 Å². The van der Waals surface area contributed by atoms with Gasteiger partial charge in [-0.3, -0.25) is 24.2 Å². The number of halogens is 1. The van der Waals surface area contributed by atoms with E-state index in [1.54, 1.807) is 35.2 Å². The molecule has 0 amide bonds. The van der Waals surface area contributed by atoms with Crippen LogP contribution in [0.25, 0.3) is 16.6 Å². The molecule has 4 heterocycles. The molecule has 0 N–H and O–H groups in total. The van der Waals surface area contributed by atoms with Crippen molar-refractivity contribution in [3.05, 3.63) is 93.8 Å². The maximum absolute atomic E-state index is 12.7. The Hall–Kier alpha value is -3.26. The molecule has 1 fully saturated rings. The van der Waals surface area contributed by atoms with Crippen LogP contribution in [0.1, 0.15) is 11.4 Å². The number of hydrogen-bond donors (Lipinski definition) is 0. The van der Waals surface area contributed by atoms with Crippen molar-refractivity contribution < 1.29 is 9.47 Å². The Morgan fingerprint density at radius 1 is 1.00 bits per heavy atom. The Kier molecular flexibility index (Phi) is 6.35. The number of pyridine rings is 3. The standard InChI is InChI=1S/C25H23ClN4O3/c26-19-2-4-21(27-15-19)17-33-23-7-8-30(25(31)14-23)22-5-6-24-18(13-22)1-3-20(28-24)16-29-9-11-32-12-10-29/h1-8,13-15H,9-12,16-17H2. The molecule has 0 atom stereocenters. The van der Waals surface area contributed by atoms with E-state index >= 15 is 0 Å². The molecule has 7 nitrogen and oxygen atoms in total. The molecule has 0 aliphatic carbocycles. The fourth-order valence-corrected chi connectivity index (χ4v) is 3.91. The summed E-state index contributed by atoms with van der Waals surface area (Å²) >= 11 is 5.85. The van der Waals surface area contributed by atoms with Crippen molar-refractivity contribution in [1.82, 2.24) is 19.4 Å². The van der Waals surface area contributed by atoms with Crippen LogP contribution in [-0.4, -0.2) is 45.7 Å². The molecule has 1 aromatic carbocycles. The van der Waals surface area contributed by atoms with Crippen molar-refractivity contribution in [2.45, 2.75) is 13.2 Å². The van der Waals surface area contributed by atoms with Crippen LogP contribution >= 0.6 is 11.6 Å². The number of benzene rings is 1. The normalized spacial score (nSPS) is 14.5. The Balaban J connectivity index is 1.31. The van der Waals surface area contributed by atoms with Crippen molar-refractivity contribution in [1.29, 1.82) is 0 Å². The average molecular weight is 463 g/mol. The highest BCUT2D eigenvalue weighted by molar-refractivity contribution is 6.30. The Bertz CT molecular complexity index is 1320. The van der Waals surface area contributed by atoms with E-state index in [1.165, 1.54) is 6.07 Å². The highest BCUT2D eigenvalue weighted by atomic mass is 35.5. The van der Waals surface area contributed by atoms with Crippen molar-refractivity contribution in [2.75, 3.05) is 26.3 Å². The van der Waals surface area contributed by atoms with Crippen LogP contribution in [0.4, 0.5) is 0 Å². The molecule has 8 heteroatoms. The van der Waals surface area contributed by atoms with Gasteiger partial charge in [-0.2, -0.15) is 0 Å². The van der Waals surface area contributed by atoms with E-state index in [1.807, 2.05) is 24.3 Å². The summed E-state index contributed by atoms with van der Waals surface area (Å²) in [4.78, 5) is 24.1. The first kappa shape index (κ1) is 21.6. The Morgan fingerprint density at radius 3 is 2.64 bits per heavy atom. The molecule has 0 spiro atoms. The van der Waals surface area contributed by atoms with Crippen molar-refractivity contribution in [3.8, 4) is 11.4 Å². The first-order valence-electron chi connectivity index (χ1n) is 10.8. The summed E-state index contributed by atoms with van der Waals surface area (Å²) in [5.74, 6) is 0.489. The second-order valence-electron chi connectivity index (χ2n) is 7.90. The molecule has 0 unspecified atom stereocenters. The first-order valence-corrected chi connectivity index (χ1v) is 11.2. The minimum Gasteiger partial charge on any atom is -0.487 e. The molecular weight excluding hydrogens is 440 g/mol. The lowest BCUT2D eigenvalue weighted by Crippen LogP contribution is -2.35. The number of fused-ring (bicyclic) bond motifs is 1. The van der Waals surface area contributed by atoms with Gasteiger partial charge in [0.25, 0.3) is 5.56 Å². The van der Waals surface area contributed by atoms with Crippen LogP contribution in [0.5, 0.6) is 5.75 Å². The summed E-state index contributed by atoms with van der Waals surface area (Å²) in [6, 6.07) is 16.7. The first-order chi connectivity index (χ1) is 16.1. The Morgan fingerprint density at radius 2 is 1.85 bits per heavy atom. The lowest BCUT2D eigenvalue weighted by atomic mass is 10.1. The highest BCUT2D eigenvalue weighted by Gasteiger charge is 2.12. The second kappa shape index (κ2) is 9.70. The third-order valence-electron chi connectivity index (χ3n) is 5.56. The minimum absolute atomic E-state index is 0.173. The van der Waals surface area contributed by atoms with E-state index in [-0.39, 0.29) is 12.2 Å². The third-order valence-corrected chi connectivity index (χ3v) is 5.79. The lowest BCUT2D eigenvalue weighted by Gasteiger charge is -2.26. The molecule has 0 radical (unpaired) electrons. The maximum Gasteiger partial charge on any atom is 0.258 e. The van der Waals surface area contributed by atoms with E-state index in [0.29, 0.717) is 10.8 Å². The Labute approximate surface area is 196 Å². The van der Waals surface area contributed by atoms with E-state index in [4.69, 9.17) is 26.1 Å². The van der Waals surface area contributed by atoms with Gasteiger partial charge in [0, 0.05) is 49.2 Å². The molecule has 1 aliphatic rings. The number of rotatable bonds is 6. The van der Waals surface area contributed by atoms with Gasteiger partial charge in [0.15, 0.2) is 0 Å². The van der Waals surface area contributed by atoms with Gasteiger partial charge in [0.1, 0.15) is 12.4 Å². The predicted octanol–water partition coefficient (Wildman–Crippen LogP) is 3.85. The van der Waals surface area contributed by atoms with Crippen LogP contribution in [0.15, 0.2) is 71.8 Å².